The SMILES string of the molecule is CCc1cccc2c1CCN1C(=O)CN=C(n3cnc(COC)c3)C=C21. The van der Waals surface area contributed by atoms with E-state index in [9.17, 15) is 4.79 Å². The summed E-state index contributed by atoms with van der Waals surface area (Å²) in [5.74, 6) is 0.761. The number of aryl methyl sites for hydroxylation is 1. The molecule has 6 nitrogen and oxygen atoms in total. The number of carbonyl (C=O) groups is 1. The topological polar surface area (TPSA) is 59.7 Å². The molecule has 0 unspecified atom stereocenters. The van der Waals surface area contributed by atoms with Crippen LogP contribution in [0.25, 0.3) is 5.70 Å². The van der Waals surface area contributed by atoms with Gasteiger partial charge < -0.3 is 9.64 Å². The first kappa shape index (κ1) is 16.7. The molecule has 134 valence electrons. The van der Waals surface area contributed by atoms with Crippen LogP contribution in [0.3, 0.4) is 0 Å². The van der Waals surface area contributed by atoms with Crippen LogP contribution < -0.4 is 0 Å². The Morgan fingerprint density at radius 2 is 2.19 bits per heavy atom. The quantitative estimate of drug-likeness (QED) is 0.853. The van der Waals surface area contributed by atoms with Gasteiger partial charge >= 0.3 is 0 Å². The lowest BCUT2D eigenvalue weighted by Crippen LogP contribution is -2.36. The van der Waals surface area contributed by atoms with Gasteiger partial charge in [-0.15, -0.1) is 0 Å². The van der Waals surface area contributed by atoms with Gasteiger partial charge in [0, 0.05) is 31.5 Å². The first-order valence-corrected chi connectivity index (χ1v) is 8.91. The summed E-state index contributed by atoms with van der Waals surface area (Å²) in [5, 5.41) is 0. The third kappa shape index (κ3) is 2.86. The molecule has 0 saturated heterocycles. The van der Waals surface area contributed by atoms with E-state index in [0.717, 1.165) is 35.6 Å². The third-order valence-corrected chi connectivity index (χ3v) is 4.94. The van der Waals surface area contributed by atoms with E-state index >= 15 is 0 Å². The van der Waals surface area contributed by atoms with Crippen molar-refractivity contribution in [3.8, 4) is 0 Å². The Balaban J connectivity index is 1.80. The number of methoxy groups -OCH3 is 1. The number of aliphatic imine (C=N–C) groups is 1. The van der Waals surface area contributed by atoms with Gasteiger partial charge in [-0.3, -0.25) is 14.4 Å². The zero-order chi connectivity index (χ0) is 18.1. The Morgan fingerprint density at radius 1 is 1.31 bits per heavy atom. The second kappa shape index (κ2) is 6.88. The molecule has 0 fully saturated rings. The van der Waals surface area contributed by atoms with E-state index in [1.54, 1.807) is 13.4 Å². The van der Waals surface area contributed by atoms with Gasteiger partial charge in [0.25, 0.3) is 0 Å². The zero-order valence-electron chi connectivity index (χ0n) is 15.1. The van der Waals surface area contributed by atoms with E-state index in [1.165, 1.54) is 11.1 Å². The molecule has 3 heterocycles. The molecule has 1 aromatic carbocycles. The van der Waals surface area contributed by atoms with Crippen LogP contribution in [0.1, 0.15) is 29.3 Å². The first-order chi connectivity index (χ1) is 12.7. The summed E-state index contributed by atoms with van der Waals surface area (Å²) in [4.78, 5) is 23.4. The molecule has 4 rings (SSSR count). The van der Waals surface area contributed by atoms with Crippen molar-refractivity contribution in [3.05, 3.63) is 59.2 Å². The molecule has 0 saturated carbocycles. The predicted molar refractivity (Wildman–Crippen MR) is 99.9 cm³/mol. The normalized spacial score (nSPS) is 16.5. The maximum Gasteiger partial charge on any atom is 0.248 e. The van der Waals surface area contributed by atoms with Crippen LogP contribution in [0.5, 0.6) is 0 Å². The number of imidazole rings is 1. The van der Waals surface area contributed by atoms with Crippen molar-refractivity contribution in [2.24, 2.45) is 4.99 Å². The fraction of sp³-hybridized carbons (Fsp3) is 0.350. The van der Waals surface area contributed by atoms with E-state index in [0.29, 0.717) is 13.2 Å². The van der Waals surface area contributed by atoms with Crippen LogP contribution >= 0.6 is 0 Å². The molecule has 0 N–H and O–H groups in total. The molecule has 2 aliphatic heterocycles. The molecule has 0 bridgehead atoms. The minimum Gasteiger partial charge on any atom is -0.378 e. The molecule has 0 aliphatic carbocycles. The number of hydrogen-bond donors (Lipinski definition) is 0. The summed E-state index contributed by atoms with van der Waals surface area (Å²) >= 11 is 0. The van der Waals surface area contributed by atoms with Gasteiger partial charge in [0.1, 0.15) is 18.7 Å². The average Bonchev–Trinajstić information content (AvgIpc) is 3.05. The number of hydrogen-bond acceptors (Lipinski definition) is 4. The monoisotopic (exact) mass is 350 g/mol. The molecular formula is C20H22N4O2. The number of ether oxygens (including phenoxy) is 1. The number of benzene rings is 1. The van der Waals surface area contributed by atoms with Crippen LogP contribution in [0, 0.1) is 0 Å². The summed E-state index contributed by atoms with van der Waals surface area (Å²) in [6.45, 7) is 3.47. The van der Waals surface area contributed by atoms with Gasteiger partial charge in [-0.25, -0.2) is 4.98 Å². The predicted octanol–water partition coefficient (Wildman–Crippen LogP) is 2.28. The number of fused-ring (bicyclic) bond motifs is 3. The maximum atomic E-state index is 12.6. The molecule has 0 atom stereocenters. The minimum absolute atomic E-state index is 0.0380. The molecule has 1 amide bonds. The highest BCUT2D eigenvalue weighted by atomic mass is 16.5. The lowest BCUT2D eigenvalue weighted by Gasteiger charge is -2.31. The fourth-order valence-corrected chi connectivity index (χ4v) is 3.67. The van der Waals surface area contributed by atoms with Gasteiger partial charge in [0.05, 0.1) is 18.0 Å². The summed E-state index contributed by atoms with van der Waals surface area (Å²) < 4.78 is 6.99. The number of aromatic nitrogens is 2. The zero-order valence-corrected chi connectivity index (χ0v) is 15.1. The molecule has 2 aromatic rings. The highest BCUT2D eigenvalue weighted by Crippen LogP contribution is 2.32. The average molecular weight is 350 g/mol. The minimum atomic E-state index is 0.0380. The van der Waals surface area contributed by atoms with E-state index in [2.05, 4.69) is 35.1 Å². The van der Waals surface area contributed by atoms with Crippen molar-refractivity contribution in [3.63, 3.8) is 0 Å². The Kier molecular flexibility index (Phi) is 4.42. The summed E-state index contributed by atoms with van der Waals surface area (Å²) in [6, 6.07) is 6.35. The fourth-order valence-electron chi connectivity index (χ4n) is 3.67. The Morgan fingerprint density at radius 3 is 3.00 bits per heavy atom. The second-order valence-corrected chi connectivity index (χ2v) is 6.50. The standard InChI is InChI=1S/C20H22N4O2/c1-3-14-5-4-6-17-16(14)7-8-24-18(17)9-19(21-10-20(24)25)23-11-15(12-26-2)22-13-23/h4-6,9,11,13H,3,7-8,10,12H2,1-2H3. The van der Waals surface area contributed by atoms with Crippen LogP contribution in [0.4, 0.5) is 0 Å². The number of carbonyl (C=O) groups excluding carboxylic acids is 1. The Hall–Kier alpha value is -2.73. The molecular weight excluding hydrogens is 328 g/mol. The van der Waals surface area contributed by atoms with Gasteiger partial charge in [-0.1, -0.05) is 25.1 Å². The largest absolute Gasteiger partial charge is 0.378 e. The Labute approximate surface area is 152 Å². The van der Waals surface area contributed by atoms with Crippen molar-refractivity contribution in [2.75, 3.05) is 20.2 Å². The van der Waals surface area contributed by atoms with Gasteiger partial charge in [-0.05, 0) is 24.0 Å². The van der Waals surface area contributed by atoms with E-state index in [4.69, 9.17) is 4.74 Å². The Bertz CT molecular complexity index is 910. The van der Waals surface area contributed by atoms with Crippen molar-refractivity contribution in [1.29, 1.82) is 0 Å². The van der Waals surface area contributed by atoms with Crippen LogP contribution in [0.15, 0.2) is 41.8 Å². The second-order valence-electron chi connectivity index (χ2n) is 6.50. The highest BCUT2D eigenvalue weighted by Gasteiger charge is 2.29. The highest BCUT2D eigenvalue weighted by molar-refractivity contribution is 6.06. The number of nitrogens with zero attached hydrogens (tertiary/aromatic N) is 4. The van der Waals surface area contributed by atoms with Crippen LogP contribution in [-0.4, -0.2) is 46.4 Å². The maximum absolute atomic E-state index is 12.6. The van der Waals surface area contributed by atoms with Gasteiger partial charge in [0.2, 0.25) is 5.91 Å². The molecule has 26 heavy (non-hydrogen) atoms. The van der Waals surface area contributed by atoms with Crippen LogP contribution in [-0.2, 0) is 29.0 Å². The van der Waals surface area contributed by atoms with Crippen molar-refractivity contribution in [1.82, 2.24) is 14.5 Å². The number of rotatable bonds is 3. The van der Waals surface area contributed by atoms with E-state index in [1.807, 2.05) is 21.7 Å². The molecule has 0 spiro atoms. The van der Waals surface area contributed by atoms with Crippen LogP contribution in [0.2, 0.25) is 0 Å². The smallest absolute Gasteiger partial charge is 0.248 e. The summed E-state index contributed by atoms with van der Waals surface area (Å²) in [7, 11) is 1.64. The third-order valence-electron chi connectivity index (χ3n) is 4.94. The lowest BCUT2D eigenvalue weighted by molar-refractivity contribution is -0.126. The van der Waals surface area contributed by atoms with Gasteiger partial charge in [-0.2, -0.15) is 0 Å². The molecule has 0 radical (unpaired) electrons. The first-order valence-electron chi connectivity index (χ1n) is 8.91. The van der Waals surface area contributed by atoms with Gasteiger partial charge in [0.15, 0.2) is 0 Å². The van der Waals surface area contributed by atoms with E-state index < -0.39 is 0 Å². The van der Waals surface area contributed by atoms with Crippen molar-refractivity contribution in [2.45, 2.75) is 26.4 Å². The van der Waals surface area contributed by atoms with Crippen molar-refractivity contribution >= 4 is 17.4 Å². The van der Waals surface area contributed by atoms with Crippen molar-refractivity contribution < 1.29 is 9.53 Å². The molecule has 2 aliphatic rings. The van der Waals surface area contributed by atoms with E-state index in [-0.39, 0.29) is 12.5 Å². The number of amides is 1. The lowest BCUT2D eigenvalue weighted by atomic mass is 9.90. The molecule has 6 heteroatoms. The summed E-state index contributed by atoms with van der Waals surface area (Å²) in [6.07, 6.45) is 7.50. The molecule has 1 aromatic heterocycles. The number of allylic oxidation sites excluding steroid dienone is 1. The summed E-state index contributed by atoms with van der Waals surface area (Å²) in [5.41, 5.74) is 5.60.